The summed E-state index contributed by atoms with van der Waals surface area (Å²) in [6.07, 6.45) is 5.95. The van der Waals surface area contributed by atoms with E-state index in [4.69, 9.17) is 5.73 Å². The van der Waals surface area contributed by atoms with E-state index >= 15 is 0 Å². The molecule has 3 nitrogen and oxygen atoms in total. The molecular weight excluding hydrogens is 244 g/mol. The lowest BCUT2D eigenvalue weighted by Crippen LogP contribution is -2.35. The molecule has 0 bridgehead atoms. The summed E-state index contributed by atoms with van der Waals surface area (Å²) in [6, 6.07) is 0.0576. The predicted octanol–water partition coefficient (Wildman–Crippen LogP) is 2.78. The number of nitrogens with two attached hydrogens (primary N) is 1. The number of thiazole rings is 1. The van der Waals surface area contributed by atoms with Crippen LogP contribution in [0.3, 0.4) is 0 Å². The number of hydrogen-bond donors (Lipinski definition) is 1. The minimum Gasteiger partial charge on any atom is -0.327 e. The molecule has 0 spiro atoms. The number of rotatable bonds is 3. The van der Waals surface area contributed by atoms with Crippen LogP contribution in [0.4, 0.5) is 0 Å². The number of aromatic nitrogens is 1. The van der Waals surface area contributed by atoms with Gasteiger partial charge in [0.1, 0.15) is 10.8 Å². The first-order chi connectivity index (χ1) is 8.58. The number of aryl methyl sites for hydroxylation is 2. The summed E-state index contributed by atoms with van der Waals surface area (Å²) in [5, 5.41) is 0.950. The molecule has 0 aromatic carbocycles. The third-order valence-corrected chi connectivity index (χ3v) is 4.95. The summed E-state index contributed by atoms with van der Waals surface area (Å²) >= 11 is 1.64. The standard InChI is InChI=1S/C14H22N2OS/c1-9-10(2)18-14(16-9)8-13(17)11-6-4-3-5-7-12(11)15/h11-12H,3-8,15H2,1-2H3. The van der Waals surface area contributed by atoms with Crippen molar-refractivity contribution < 1.29 is 4.79 Å². The van der Waals surface area contributed by atoms with E-state index in [1.165, 1.54) is 17.7 Å². The molecule has 2 rings (SSSR count). The van der Waals surface area contributed by atoms with E-state index in [9.17, 15) is 4.79 Å². The summed E-state index contributed by atoms with van der Waals surface area (Å²) in [4.78, 5) is 18.0. The molecule has 1 aliphatic carbocycles. The first kappa shape index (κ1) is 13.7. The van der Waals surface area contributed by atoms with Crippen LogP contribution in [-0.4, -0.2) is 16.8 Å². The topological polar surface area (TPSA) is 56.0 Å². The highest BCUT2D eigenvalue weighted by molar-refractivity contribution is 7.11. The molecule has 1 aliphatic rings. The van der Waals surface area contributed by atoms with Gasteiger partial charge < -0.3 is 5.73 Å². The van der Waals surface area contributed by atoms with Crippen molar-refractivity contribution in [2.24, 2.45) is 11.7 Å². The van der Waals surface area contributed by atoms with Crippen molar-refractivity contribution in [1.82, 2.24) is 4.98 Å². The van der Waals surface area contributed by atoms with Crippen LogP contribution in [0.2, 0.25) is 0 Å². The number of Topliss-reactive ketones (excluding diaryl/α,β-unsaturated/α-hetero) is 1. The first-order valence-corrected chi connectivity index (χ1v) is 7.61. The maximum atomic E-state index is 12.3. The average Bonchev–Trinajstić information content (AvgIpc) is 2.52. The number of carbonyl (C=O) groups is 1. The zero-order valence-corrected chi connectivity index (χ0v) is 12.1. The van der Waals surface area contributed by atoms with Gasteiger partial charge in [-0.15, -0.1) is 11.3 Å². The van der Waals surface area contributed by atoms with E-state index in [1.54, 1.807) is 11.3 Å². The fourth-order valence-corrected chi connectivity index (χ4v) is 3.57. The lowest BCUT2D eigenvalue weighted by Gasteiger charge is -2.19. The van der Waals surface area contributed by atoms with Crippen LogP contribution in [0.25, 0.3) is 0 Å². The number of nitrogens with zero attached hydrogens (tertiary/aromatic N) is 1. The lowest BCUT2D eigenvalue weighted by atomic mass is 9.90. The van der Waals surface area contributed by atoms with Gasteiger partial charge in [0.05, 0.1) is 12.1 Å². The zero-order valence-electron chi connectivity index (χ0n) is 11.2. The summed E-state index contributed by atoms with van der Waals surface area (Å²) in [7, 11) is 0. The van der Waals surface area contributed by atoms with E-state index in [0.717, 1.165) is 30.0 Å². The van der Waals surface area contributed by atoms with Gasteiger partial charge in [-0.25, -0.2) is 4.98 Å². The van der Waals surface area contributed by atoms with Crippen molar-refractivity contribution >= 4 is 17.1 Å². The Morgan fingerprint density at radius 3 is 2.72 bits per heavy atom. The Bertz CT molecular complexity index is 408. The van der Waals surface area contributed by atoms with Crippen LogP contribution in [-0.2, 0) is 11.2 Å². The summed E-state index contributed by atoms with van der Waals surface area (Å²) < 4.78 is 0. The van der Waals surface area contributed by atoms with Crippen LogP contribution >= 0.6 is 11.3 Å². The van der Waals surface area contributed by atoms with E-state index in [-0.39, 0.29) is 17.7 Å². The van der Waals surface area contributed by atoms with Crippen molar-refractivity contribution in [2.75, 3.05) is 0 Å². The average molecular weight is 266 g/mol. The van der Waals surface area contributed by atoms with Crippen LogP contribution in [0, 0.1) is 19.8 Å². The van der Waals surface area contributed by atoms with Gasteiger partial charge >= 0.3 is 0 Å². The molecule has 0 radical (unpaired) electrons. The lowest BCUT2D eigenvalue weighted by molar-refractivity contribution is -0.123. The van der Waals surface area contributed by atoms with Gasteiger partial charge in [0.15, 0.2) is 0 Å². The Morgan fingerprint density at radius 2 is 2.06 bits per heavy atom. The molecule has 1 fully saturated rings. The van der Waals surface area contributed by atoms with Gasteiger partial charge in [0.2, 0.25) is 0 Å². The molecular formula is C14H22N2OS. The van der Waals surface area contributed by atoms with Gasteiger partial charge in [-0.3, -0.25) is 4.79 Å². The number of carbonyl (C=O) groups excluding carboxylic acids is 1. The Hall–Kier alpha value is -0.740. The van der Waals surface area contributed by atoms with Crippen LogP contribution in [0.5, 0.6) is 0 Å². The Kier molecular flexibility index (Phi) is 4.51. The maximum Gasteiger partial charge on any atom is 0.144 e. The largest absolute Gasteiger partial charge is 0.327 e. The van der Waals surface area contributed by atoms with Gasteiger partial charge in [-0.2, -0.15) is 0 Å². The van der Waals surface area contributed by atoms with E-state index in [1.807, 2.05) is 6.92 Å². The molecule has 0 amide bonds. The Balaban J connectivity index is 2.02. The second-order valence-corrected chi connectivity index (χ2v) is 6.59. The second kappa shape index (κ2) is 5.93. The first-order valence-electron chi connectivity index (χ1n) is 6.79. The SMILES string of the molecule is Cc1nc(CC(=O)C2CCCCCC2N)sc1C. The molecule has 0 aliphatic heterocycles. The molecule has 2 atom stereocenters. The van der Waals surface area contributed by atoms with Crippen molar-refractivity contribution in [3.63, 3.8) is 0 Å². The van der Waals surface area contributed by atoms with Crippen LogP contribution in [0.1, 0.15) is 47.7 Å². The van der Waals surface area contributed by atoms with Gasteiger partial charge in [-0.05, 0) is 26.7 Å². The Labute approximate surface area is 113 Å². The van der Waals surface area contributed by atoms with Crippen molar-refractivity contribution in [1.29, 1.82) is 0 Å². The molecule has 18 heavy (non-hydrogen) atoms. The van der Waals surface area contributed by atoms with Gasteiger partial charge in [0.25, 0.3) is 0 Å². The zero-order chi connectivity index (χ0) is 13.1. The van der Waals surface area contributed by atoms with Crippen molar-refractivity contribution in [3.8, 4) is 0 Å². The van der Waals surface area contributed by atoms with Gasteiger partial charge in [0, 0.05) is 16.8 Å². The van der Waals surface area contributed by atoms with E-state index in [2.05, 4.69) is 11.9 Å². The third kappa shape index (κ3) is 3.18. The van der Waals surface area contributed by atoms with Gasteiger partial charge in [-0.1, -0.05) is 19.3 Å². The smallest absolute Gasteiger partial charge is 0.144 e. The molecule has 2 N–H and O–H groups in total. The normalized spacial score (nSPS) is 24.8. The molecule has 2 unspecified atom stereocenters. The summed E-state index contributed by atoms with van der Waals surface area (Å²) in [5.41, 5.74) is 7.18. The van der Waals surface area contributed by atoms with Crippen molar-refractivity contribution in [3.05, 3.63) is 15.6 Å². The highest BCUT2D eigenvalue weighted by Crippen LogP contribution is 2.25. The number of hydrogen-bond acceptors (Lipinski definition) is 4. The second-order valence-electron chi connectivity index (χ2n) is 5.30. The predicted molar refractivity (Wildman–Crippen MR) is 74.8 cm³/mol. The van der Waals surface area contributed by atoms with Crippen LogP contribution in [0.15, 0.2) is 0 Å². The molecule has 1 heterocycles. The minimum atomic E-state index is 0.0528. The summed E-state index contributed by atoms with van der Waals surface area (Å²) in [6.45, 7) is 4.05. The van der Waals surface area contributed by atoms with E-state index < -0.39 is 0 Å². The van der Waals surface area contributed by atoms with Crippen molar-refractivity contribution in [2.45, 2.75) is 58.4 Å². The third-order valence-electron chi connectivity index (χ3n) is 3.88. The van der Waals surface area contributed by atoms with E-state index in [0.29, 0.717) is 6.42 Å². The monoisotopic (exact) mass is 266 g/mol. The molecule has 1 aromatic heterocycles. The fraction of sp³-hybridized carbons (Fsp3) is 0.714. The molecule has 4 heteroatoms. The maximum absolute atomic E-state index is 12.3. The highest BCUT2D eigenvalue weighted by atomic mass is 32.1. The number of ketones is 1. The highest BCUT2D eigenvalue weighted by Gasteiger charge is 2.27. The molecule has 100 valence electrons. The summed E-state index contributed by atoms with van der Waals surface area (Å²) in [5.74, 6) is 0.343. The van der Waals surface area contributed by atoms with Crippen LogP contribution < -0.4 is 5.73 Å². The fourth-order valence-electron chi connectivity index (χ4n) is 2.63. The molecule has 0 saturated heterocycles. The quantitative estimate of drug-likeness (QED) is 0.856. The minimum absolute atomic E-state index is 0.0528. The molecule has 1 saturated carbocycles. The molecule has 1 aromatic rings. The Morgan fingerprint density at radius 1 is 1.33 bits per heavy atom.